The Kier molecular flexibility index (Phi) is 7.81. The Morgan fingerprint density at radius 2 is 2.07 bits per heavy atom. The van der Waals surface area contributed by atoms with E-state index in [4.69, 9.17) is 4.74 Å². The van der Waals surface area contributed by atoms with E-state index in [1.54, 1.807) is 0 Å². The molecule has 84 valence electrons. The van der Waals surface area contributed by atoms with Crippen LogP contribution in [0.4, 0.5) is 0 Å². The Morgan fingerprint density at radius 3 is 2.43 bits per heavy atom. The van der Waals surface area contributed by atoms with Crippen LogP contribution in [0, 0.1) is 5.92 Å². The van der Waals surface area contributed by atoms with Crippen LogP contribution in [-0.2, 0) is 4.74 Å². The molecule has 2 heteroatoms. The van der Waals surface area contributed by atoms with Crippen LogP contribution >= 0.6 is 0 Å². The first-order chi connectivity index (χ1) is 6.67. The van der Waals surface area contributed by atoms with E-state index in [0.29, 0.717) is 18.1 Å². The van der Waals surface area contributed by atoms with Gasteiger partial charge in [0.1, 0.15) is 0 Å². The lowest BCUT2D eigenvalue weighted by Crippen LogP contribution is -2.42. The van der Waals surface area contributed by atoms with E-state index in [1.807, 2.05) is 13.1 Å². The number of hydrogen-bond donors (Lipinski definition) is 1. The second-order valence-electron chi connectivity index (χ2n) is 3.93. The fourth-order valence-electron chi connectivity index (χ4n) is 1.74. The van der Waals surface area contributed by atoms with Gasteiger partial charge in [-0.05, 0) is 32.7 Å². The molecule has 0 saturated carbocycles. The summed E-state index contributed by atoms with van der Waals surface area (Å²) < 4.78 is 5.76. The minimum Gasteiger partial charge on any atom is -0.377 e. The fraction of sp³-hybridized carbons (Fsp3) is 0.833. The summed E-state index contributed by atoms with van der Waals surface area (Å²) in [6, 6.07) is 0.438. The molecule has 0 rings (SSSR count). The summed E-state index contributed by atoms with van der Waals surface area (Å²) in [5.74, 6) is 0.553. The highest BCUT2D eigenvalue weighted by atomic mass is 16.5. The van der Waals surface area contributed by atoms with Gasteiger partial charge in [0.2, 0.25) is 0 Å². The van der Waals surface area contributed by atoms with Gasteiger partial charge in [0.15, 0.2) is 0 Å². The number of ether oxygens (including phenoxy) is 1. The molecule has 0 aromatic rings. The molecule has 0 aliphatic heterocycles. The van der Waals surface area contributed by atoms with Crippen molar-refractivity contribution in [1.29, 1.82) is 0 Å². The van der Waals surface area contributed by atoms with Crippen molar-refractivity contribution in [2.75, 3.05) is 13.7 Å². The van der Waals surface area contributed by atoms with Gasteiger partial charge in [0.05, 0.1) is 6.10 Å². The summed E-state index contributed by atoms with van der Waals surface area (Å²) in [5.41, 5.74) is 0. The minimum atomic E-state index is 0.310. The summed E-state index contributed by atoms with van der Waals surface area (Å²) in [6.07, 6.45) is 4.42. The molecule has 0 bridgehead atoms. The molecule has 0 aliphatic carbocycles. The van der Waals surface area contributed by atoms with Gasteiger partial charge in [0.25, 0.3) is 0 Å². The molecule has 0 heterocycles. The van der Waals surface area contributed by atoms with Gasteiger partial charge in [-0.25, -0.2) is 0 Å². The summed E-state index contributed by atoms with van der Waals surface area (Å²) in [5, 5.41) is 3.33. The zero-order valence-electron chi connectivity index (χ0n) is 10.0. The van der Waals surface area contributed by atoms with Crippen molar-refractivity contribution in [2.24, 2.45) is 5.92 Å². The highest BCUT2D eigenvalue weighted by molar-refractivity contribution is 4.81. The maximum absolute atomic E-state index is 5.76. The van der Waals surface area contributed by atoms with E-state index in [-0.39, 0.29) is 0 Å². The standard InChI is InChI=1S/C12H25NO/c1-6-8-9-11(13-5)12(10(3)4)14-7-2/h6,10-13H,1,7-9H2,2-5H3. The van der Waals surface area contributed by atoms with Crippen LogP contribution in [0.3, 0.4) is 0 Å². The second kappa shape index (κ2) is 8.01. The van der Waals surface area contributed by atoms with E-state index in [2.05, 4.69) is 32.7 Å². The highest BCUT2D eigenvalue weighted by Crippen LogP contribution is 2.15. The Labute approximate surface area is 88.7 Å². The summed E-state index contributed by atoms with van der Waals surface area (Å²) in [6.45, 7) is 11.0. The predicted molar refractivity (Wildman–Crippen MR) is 62.5 cm³/mol. The zero-order valence-corrected chi connectivity index (χ0v) is 10.0. The van der Waals surface area contributed by atoms with Crippen molar-refractivity contribution in [3.63, 3.8) is 0 Å². The van der Waals surface area contributed by atoms with Crippen molar-refractivity contribution in [3.8, 4) is 0 Å². The summed E-state index contributed by atoms with van der Waals surface area (Å²) >= 11 is 0. The van der Waals surface area contributed by atoms with Crippen molar-refractivity contribution >= 4 is 0 Å². The molecule has 2 atom stereocenters. The molecule has 14 heavy (non-hydrogen) atoms. The maximum atomic E-state index is 5.76. The third kappa shape index (κ3) is 4.77. The van der Waals surface area contributed by atoms with Crippen LogP contribution < -0.4 is 5.32 Å². The summed E-state index contributed by atoms with van der Waals surface area (Å²) in [4.78, 5) is 0. The van der Waals surface area contributed by atoms with Crippen LogP contribution in [0.1, 0.15) is 33.6 Å². The van der Waals surface area contributed by atoms with Crippen LogP contribution in [0.2, 0.25) is 0 Å². The average Bonchev–Trinajstić information content (AvgIpc) is 2.17. The van der Waals surface area contributed by atoms with Crippen molar-refractivity contribution in [1.82, 2.24) is 5.32 Å². The van der Waals surface area contributed by atoms with Gasteiger partial charge in [0, 0.05) is 12.6 Å². The van der Waals surface area contributed by atoms with Gasteiger partial charge in [-0.2, -0.15) is 0 Å². The predicted octanol–water partition coefficient (Wildman–Crippen LogP) is 2.60. The van der Waals surface area contributed by atoms with Crippen LogP contribution in [0.25, 0.3) is 0 Å². The first-order valence-electron chi connectivity index (χ1n) is 5.57. The highest BCUT2D eigenvalue weighted by Gasteiger charge is 2.22. The first kappa shape index (κ1) is 13.7. The third-order valence-electron chi connectivity index (χ3n) is 2.47. The Bertz CT molecular complexity index is 145. The monoisotopic (exact) mass is 199 g/mol. The molecular formula is C12H25NO. The minimum absolute atomic E-state index is 0.310. The van der Waals surface area contributed by atoms with Crippen LogP contribution in [0.15, 0.2) is 12.7 Å². The lowest BCUT2D eigenvalue weighted by Gasteiger charge is -2.29. The number of rotatable bonds is 8. The molecule has 0 aliphatic rings. The molecule has 2 nitrogen and oxygen atoms in total. The van der Waals surface area contributed by atoms with Crippen molar-refractivity contribution < 1.29 is 4.74 Å². The molecular weight excluding hydrogens is 174 g/mol. The van der Waals surface area contributed by atoms with E-state index >= 15 is 0 Å². The Hall–Kier alpha value is -0.340. The molecule has 2 unspecified atom stereocenters. The van der Waals surface area contributed by atoms with E-state index < -0.39 is 0 Å². The van der Waals surface area contributed by atoms with Gasteiger partial charge >= 0.3 is 0 Å². The molecule has 1 N–H and O–H groups in total. The van der Waals surface area contributed by atoms with Crippen molar-refractivity contribution in [2.45, 2.75) is 45.8 Å². The normalized spacial score (nSPS) is 15.5. The Balaban J connectivity index is 4.17. The summed E-state index contributed by atoms with van der Waals surface area (Å²) in [7, 11) is 2.00. The molecule has 0 aromatic carbocycles. The SMILES string of the molecule is C=CCCC(NC)C(OCC)C(C)C. The average molecular weight is 199 g/mol. The largest absolute Gasteiger partial charge is 0.377 e. The first-order valence-corrected chi connectivity index (χ1v) is 5.57. The van der Waals surface area contributed by atoms with Gasteiger partial charge in [-0.15, -0.1) is 6.58 Å². The lowest BCUT2D eigenvalue weighted by molar-refractivity contribution is 0.00352. The Morgan fingerprint density at radius 1 is 1.43 bits per heavy atom. The number of nitrogens with one attached hydrogen (secondary N) is 1. The van der Waals surface area contributed by atoms with Gasteiger partial charge in [-0.1, -0.05) is 19.9 Å². The maximum Gasteiger partial charge on any atom is 0.0750 e. The molecule has 0 saturated heterocycles. The molecule has 0 amide bonds. The number of hydrogen-bond acceptors (Lipinski definition) is 2. The molecule has 0 aromatic heterocycles. The number of likely N-dealkylation sites (N-methyl/N-ethyl adjacent to an activating group) is 1. The second-order valence-corrected chi connectivity index (χ2v) is 3.93. The molecule has 0 radical (unpaired) electrons. The van der Waals surface area contributed by atoms with Gasteiger partial charge < -0.3 is 10.1 Å². The molecule has 0 fully saturated rings. The van der Waals surface area contributed by atoms with Crippen LogP contribution in [0.5, 0.6) is 0 Å². The van der Waals surface area contributed by atoms with E-state index in [1.165, 1.54) is 0 Å². The van der Waals surface area contributed by atoms with E-state index in [9.17, 15) is 0 Å². The fourth-order valence-corrected chi connectivity index (χ4v) is 1.74. The lowest BCUT2D eigenvalue weighted by atomic mass is 9.96. The van der Waals surface area contributed by atoms with E-state index in [0.717, 1.165) is 19.4 Å². The third-order valence-corrected chi connectivity index (χ3v) is 2.47. The quantitative estimate of drug-likeness (QED) is 0.607. The topological polar surface area (TPSA) is 21.3 Å². The molecule has 0 spiro atoms. The van der Waals surface area contributed by atoms with Crippen molar-refractivity contribution in [3.05, 3.63) is 12.7 Å². The van der Waals surface area contributed by atoms with Crippen LogP contribution in [-0.4, -0.2) is 25.8 Å². The van der Waals surface area contributed by atoms with Gasteiger partial charge in [-0.3, -0.25) is 0 Å². The number of allylic oxidation sites excluding steroid dienone is 1. The smallest absolute Gasteiger partial charge is 0.0750 e. The zero-order chi connectivity index (χ0) is 11.0.